The number of allylic oxidation sites excluding steroid dienone is 1. The Kier molecular flexibility index (Phi) is 6.99. The average molecular weight is 373 g/mol. The largest absolute Gasteiger partial charge is 0.490 e. The summed E-state index contributed by atoms with van der Waals surface area (Å²) in [5.74, 6) is 0.825. The molecule has 3 heteroatoms. The lowest BCUT2D eigenvalue weighted by Crippen LogP contribution is -1.97. The number of benzene rings is 2. The van der Waals surface area contributed by atoms with Gasteiger partial charge >= 0.3 is 0 Å². The number of hydrogen-bond donors (Lipinski definition) is 1. The normalized spacial score (nSPS) is 12.4. The predicted octanol–water partition coefficient (Wildman–Crippen LogP) is 6.03. The van der Waals surface area contributed by atoms with Gasteiger partial charge in [-0.15, -0.1) is 0 Å². The second kappa shape index (κ2) is 9.86. The molecule has 0 fully saturated rings. The monoisotopic (exact) mass is 373 g/mol. The lowest BCUT2D eigenvalue weighted by atomic mass is 10.1. The lowest BCUT2D eigenvalue weighted by molar-refractivity contribution is 0.182. The maximum Gasteiger partial charge on any atom is 0.120 e. The van der Waals surface area contributed by atoms with Crippen molar-refractivity contribution >= 4 is 17.0 Å². The van der Waals surface area contributed by atoms with Crippen LogP contribution in [0.1, 0.15) is 31.7 Å². The molecule has 2 aromatic carbocycles. The molecule has 144 valence electrons. The van der Waals surface area contributed by atoms with E-state index in [0.29, 0.717) is 6.61 Å². The molecule has 1 atom stereocenters. The molecule has 1 N–H and O–H groups in total. The first-order valence-electron chi connectivity index (χ1n) is 9.75. The van der Waals surface area contributed by atoms with E-state index in [9.17, 15) is 5.11 Å². The maximum atomic E-state index is 9.28. The fraction of sp³-hybridized carbons (Fsp3) is 0.240. The fourth-order valence-electron chi connectivity index (χ4n) is 3.02. The Hall–Kier alpha value is -2.91. The van der Waals surface area contributed by atoms with E-state index in [-0.39, 0.29) is 6.10 Å². The highest BCUT2D eigenvalue weighted by molar-refractivity contribution is 5.83. The molecule has 0 saturated carbocycles. The number of ether oxygens (including phenoxy) is 1. The molecule has 3 nitrogen and oxygen atoms in total. The van der Waals surface area contributed by atoms with Crippen molar-refractivity contribution in [3.8, 4) is 17.0 Å². The van der Waals surface area contributed by atoms with E-state index in [0.717, 1.165) is 47.2 Å². The van der Waals surface area contributed by atoms with Gasteiger partial charge in [0.2, 0.25) is 0 Å². The van der Waals surface area contributed by atoms with Crippen LogP contribution in [0.25, 0.3) is 28.2 Å². The first-order valence-corrected chi connectivity index (χ1v) is 9.75. The Morgan fingerprint density at radius 3 is 2.68 bits per heavy atom. The summed E-state index contributed by atoms with van der Waals surface area (Å²) in [6, 6.07) is 18.5. The van der Waals surface area contributed by atoms with Gasteiger partial charge in [-0.25, -0.2) is 4.98 Å². The molecule has 0 saturated heterocycles. The first-order chi connectivity index (χ1) is 13.7. The topological polar surface area (TPSA) is 42.4 Å². The van der Waals surface area contributed by atoms with Crippen molar-refractivity contribution in [1.82, 2.24) is 4.98 Å². The van der Waals surface area contributed by atoms with Crippen molar-refractivity contribution < 1.29 is 9.84 Å². The predicted molar refractivity (Wildman–Crippen MR) is 117 cm³/mol. The van der Waals surface area contributed by atoms with Crippen LogP contribution in [-0.4, -0.2) is 22.8 Å². The SMILES string of the molecule is C=CCOc1ccc2nc(-c3ccc(C=CCCCC(C)O)cc3)ccc2c1. The molecule has 0 aliphatic heterocycles. The Bertz CT molecular complexity index is 942. The van der Waals surface area contributed by atoms with E-state index in [1.165, 1.54) is 5.56 Å². The molecule has 0 amide bonds. The first kappa shape index (κ1) is 19.8. The molecule has 3 rings (SSSR count). The zero-order valence-electron chi connectivity index (χ0n) is 16.3. The standard InChI is InChI=1S/C25H27NO2/c1-3-17-28-23-14-16-25-22(18-23)13-15-24(26-25)21-11-9-20(10-12-21)8-6-4-5-7-19(2)27/h3,6,8-16,18-19,27H,1,4-5,7,17H2,2H3. The quantitative estimate of drug-likeness (QED) is 0.368. The number of pyridine rings is 1. The molecule has 0 aliphatic carbocycles. The molecule has 0 aliphatic rings. The van der Waals surface area contributed by atoms with Crippen LogP contribution in [0.15, 0.2) is 73.3 Å². The van der Waals surface area contributed by atoms with Crippen molar-refractivity contribution in [3.63, 3.8) is 0 Å². The third kappa shape index (κ3) is 5.54. The zero-order chi connectivity index (χ0) is 19.8. The van der Waals surface area contributed by atoms with Gasteiger partial charge in [0.1, 0.15) is 12.4 Å². The van der Waals surface area contributed by atoms with Crippen molar-refractivity contribution in [2.75, 3.05) is 6.61 Å². The minimum absolute atomic E-state index is 0.214. The van der Waals surface area contributed by atoms with Gasteiger partial charge in [0.25, 0.3) is 0 Å². The summed E-state index contributed by atoms with van der Waals surface area (Å²) in [5, 5.41) is 10.3. The van der Waals surface area contributed by atoms with E-state index in [1.807, 2.05) is 31.2 Å². The van der Waals surface area contributed by atoms with Crippen LogP contribution >= 0.6 is 0 Å². The highest BCUT2D eigenvalue weighted by atomic mass is 16.5. The molecular formula is C25H27NO2. The number of rotatable bonds is 9. The van der Waals surface area contributed by atoms with E-state index >= 15 is 0 Å². The van der Waals surface area contributed by atoms with E-state index in [2.05, 4.69) is 49.1 Å². The Labute approximate surface area is 167 Å². The van der Waals surface area contributed by atoms with Crippen LogP contribution < -0.4 is 4.74 Å². The summed E-state index contributed by atoms with van der Waals surface area (Å²) in [4.78, 5) is 4.78. The summed E-state index contributed by atoms with van der Waals surface area (Å²) in [7, 11) is 0. The van der Waals surface area contributed by atoms with Gasteiger partial charge in [0, 0.05) is 10.9 Å². The highest BCUT2D eigenvalue weighted by Gasteiger charge is 2.03. The fourth-order valence-corrected chi connectivity index (χ4v) is 3.02. The molecule has 1 unspecified atom stereocenters. The number of aliphatic hydroxyl groups excluding tert-OH is 1. The average Bonchev–Trinajstić information content (AvgIpc) is 2.71. The van der Waals surface area contributed by atoms with Crippen LogP contribution in [-0.2, 0) is 0 Å². The van der Waals surface area contributed by atoms with Gasteiger partial charge < -0.3 is 9.84 Å². The third-order valence-electron chi connectivity index (χ3n) is 4.54. The molecule has 0 radical (unpaired) electrons. The summed E-state index contributed by atoms with van der Waals surface area (Å²) in [6.07, 6.45) is 8.65. The molecule has 0 bridgehead atoms. The van der Waals surface area contributed by atoms with Gasteiger partial charge in [-0.1, -0.05) is 55.1 Å². The molecular weight excluding hydrogens is 346 g/mol. The zero-order valence-corrected chi connectivity index (χ0v) is 16.3. The lowest BCUT2D eigenvalue weighted by Gasteiger charge is -2.07. The van der Waals surface area contributed by atoms with Gasteiger partial charge in [0.05, 0.1) is 17.3 Å². The number of nitrogens with zero attached hydrogens (tertiary/aromatic N) is 1. The molecule has 3 aromatic rings. The van der Waals surface area contributed by atoms with Gasteiger partial charge in [0.15, 0.2) is 0 Å². The highest BCUT2D eigenvalue weighted by Crippen LogP contribution is 2.24. The van der Waals surface area contributed by atoms with E-state index < -0.39 is 0 Å². The number of fused-ring (bicyclic) bond motifs is 1. The molecule has 28 heavy (non-hydrogen) atoms. The molecule has 0 spiro atoms. The second-order valence-corrected chi connectivity index (χ2v) is 6.95. The number of aliphatic hydroxyl groups is 1. The minimum atomic E-state index is -0.214. The number of aromatic nitrogens is 1. The van der Waals surface area contributed by atoms with Gasteiger partial charge in [-0.05, 0) is 56.0 Å². The minimum Gasteiger partial charge on any atom is -0.490 e. The molecule has 1 aromatic heterocycles. The Morgan fingerprint density at radius 2 is 1.93 bits per heavy atom. The Morgan fingerprint density at radius 1 is 1.11 bits per heavy atom. The van der Waals surface area contributed by atoms with Crippen LogP contribution in [0.2, 0.25) is 0 Å². The third-order valence-corrected chi connectivity index (χ3v) is 4.54. The van der Waals surface area contributed by atoms with Gasteiger partial charge in [-0.2, -0.15) is 0 Å². The van der Waals surface area contributed by atoms with Crippen LogP contribution in [0.3, 0.4) is 0 Å². The summed E-state index contributed by atoms with van der Waals surface area (Å²) in [5.41, 5.74) is 4.18. The van der Waals surface area contributed by atoms with Gasteiger partial charge in [-0.3, -0.25) is 0 Å². The molecule has 1 heterocycles. The van der Waals surface area contributed by atoms with Crippen LogP contribution in [0.4, 0.5) is 0 Å². The summed E-state index contributed by atoms with van der Waals surface area (Å²) < 4.78 is 5.59. The number of hydrogen-bond acceptors (Lipinski definition) is 3. The maximum absolute atomic E-state index is 9.28. The Balaban J connectivity index is 1.68. The van der Waals surface area contributed by atoms with E-state index in [1.54, 1.807) is 6.08 Å². The van der Waals surface area contributed by atoms with Crippen molar-refractivity contribution in [3.05, 3.63) is 78.9 Å². The smallest absolute Gasteiger partial charge is 0.120 e. The summed E-state index contributed by atoms with van der Waals surface area (Å²) >= 11 is 0. The van der Waals surface area contributed by atoms with Crippen molar-refractivity contribution in [1.29, 1.82) is 0 Å². The summed E-state index contributed by atoms with van der Waals surface area (Å²) in [6.45, 7) is 6.00. The van der Waals surface area contributed by atoms with E-state index in [4.69, 9.17) is 9.72 Å². The number of unbranched alkanes of at least 4 members (excludes halogenated alkanes) is 1. The van der Waals surface area contributed by atoms with Crippen LogP contribution in [0, 0.1) is 0 Å². The van der Waals surface area contributed by atoms with Crippen molar-refractivity contribution in [2.24, 2.45) is 0 Å². The second-order valence-electron chi connectivity index (χ2n) is 6.95. The van der Waals surface area contributed by atoms with Crippen molar-refractivity contribution in [2.45, 2.75) is 32.3 Å². The van der Waals surface area contributed by atoms with Crippen LogP contribution in [0.5, 0.6) is 5.75 Å².